The normalized spacial score (nSPS) is 11.8. The van der Waals surface area contributed by atoms with Gasteiger partial charge in [0.2, 0.25) is 0 Å². The van der Waals surface area contributed by atoms with E-state index in [0.29, 0.717) is 10.0 Å². The van der Waals surface area contributed by atoms with E-state index in [1.54, 1.807) is 12.5 Å². The lowest BCUT2D eigenvalue weighted by Crippen LogP contribution is -1.82. The Labute approximate surface area is 104 Å². The molecule has 1 heterocycles. The summed E-state index contributed by atoms with van der Waals surface area (Å²) in [4.78, 5) is 7.00. The molecule has 1 aromatic heterocycles. The predicted molar refractivity (Wildman–Crippen MR) is 68.6 cm³/mol. The van der Waals surface area contributed by atoms with Gasteiger partial charge in [0.25, 0.3) is 0 Å². The van der Waals surface area contributed by atoms with Crippen LogP contribution >= 0.6 is 23.2 Å². The lowest BCUT2D eigenvalue weighted by atomic mass is 10.1. The van der Waals surface area contributed by atoms with Crippen LogP contribution in [-0.2, 0) is 0 Å². The summed E-state index contributed by atoms with van der Waals surface area (Å²) in [5.74, 6) is 0. The molecule has 0 radical (unpaired) electrons. The van der Waals surface area contributed by atoms with Gasteiger partial charge in [0.15, 0.2) is 0 Å². The van der Waals surface area contributed by atoms with E-state index in [4.69, 9.17) is 23.2 Å². The fraction of sp³-hybridized carbons (Fsp3) is 0.0833. The van der Waals surface area contributed by atoms with Crippen molar-refractivity contribution in [1.82, 2.24) is 9.97 Å². The molecule has 0 saturated heterocycles. The zero-order valence-corrected chi connectivity index (χ0v) is 10.2. The average Bonchev–Trinajstić information content (AvgIpc) is 2.76. The minimum atomic E-state index is 0.645. The van der Waals surface area contributed by atoms with Crippen LogP contribution in [-0.4, -0.2) is 9.97 Å². The lowest BCUT2D eigenvalue weighted by Gasteiger charge is -2.03. The number of imidazole rings is 1. The van der Waals surface area contributed by atoms with Gasteiger partial charge in [0.1, 0.15) is 0 Å². The monoisotopic (exact) mass is 252 g/mol. The van der Waals surface area contributed by atoms with Crippen LogP contribution in [0.25, 0.3) is 11.6 Å². The molecule has 0 aliphatic carbocycles. The molecular weight excluding hydrogens is 243 g/mol. The molecule has 16 heavy (non-hydrogen) atoms. The number of nitrogens with one attached hydrogen (secondary N) is 1. The second-order valence-electron chi connectivity index (χ2n) is 3.43. The molecule has 0 bridgehead atoms. The number of benzene rings is 1. The van der Waals surface area contributed by atoms with Gasteiger partial charge in [-0.25, -0.2) is 4.98 Å². The Kier molecular flexibility index (Phi) is 3.32. The molecule has 2 nitrogen and oxygen atoms in total. The minimum absolute atomic E-state index is 0.645. The Balaban J connectivity index is 2.43. The molecule has 1 N–H and O–H groups in total. The summed E-state index contributed by atoms with van der Waals surface area (Å²) < 4.78 is 0. The number of aromatic amines is 1. The topological polar surface area (TPSA) is 28.7 Å². The van der Waals surface area contributed by atoms with E-state index in [0.717, 1.165) is 16.8 Å². The summed E-state index contributed by atoms with van der Waals surface area (Å²) in [6, 6.07) is 5.46. The molecule has 2 aromatic rings. The first kappa shape index (κ1) is 11.2. The van der Waals surface area contributed by atoms with Crippen LogP contribution in [0.3, 0.4) is 0 Å². The van der Waals surface area contributed by atoms with Crippen LogP contribution in [0, 0.1) is 0 Å². The third kappa shape index (κ3) is 2.29. The SMILES string of the molecule is CC(=Cc1c(Cl)cccc1Cl)c1cnc[nH]1. The van der Waals surface area contributed by atoms with Crippen LogP contribution in [0.15, 0.2) is 30.7 Å². The average molecular weight is 253 g/mol. The van der Waals surface area contributed by atoms with Gasteiger partial charge < -0.3 is 4.98 Å². The van der Waals surface area contributed by atoms with Crippen molar-refractivity contribution in [1.29, 1.82) is 0 Å². The van der Waals surface area contributed by atoms with E-state index < -0.39 is 0 Å². The van der Waals surface area contributed by atoms with Gasteiger partial charge in [0.05, 0.1) is 18.2 Å². The molecule has 4 heteroatoms. The maximum atomic E-state index is 6.08. The molecule has 0 aliphatic rings. The molecule has 0 atom stereocenters. The van der Waals surface area contributed by atoms with Crippen molar-refractivity contribution >= 4 is 34.9 Å². The molecule has 82 valence electrons. The Bertz CT molecular complexity index is 496. The van der Waals surface area contributed by atoms with Gasteiger partial charge in [-0.1, -0.05) is 29.3 Å². The molecule has 1 aromatic carbocycles. The smallest absolute Gasteiger partial charge is 0.0924 e. The highest BCUT2D eigenvalue weighted by Gasteiger charge is 2.04. The van der Waals surface area contributed by atoms with E-state index in [2.05, 4.69) is 9.97 Å². The van der Waals surface area contributed by atoms with E-state index in [1.807, 2.05) is 31.2 Å². The number of hydrogen-bond acceptors (Lipinski definition) is 1. The second-order valence-corrected chi connectivity index (χ2v) is 4.24. The molecule has 0 spiro atoms. The van der Waals surface area contributed by atoms with Crippen molar-refractivity contribution < 1.29 is 0 Å². The summed E-state index contributed by atoms with van der Waals surface area (Å²) in [7, 11) is 0. The Hall–Kier alpha value is -1.25. The summed E-state index contributed by atoms with van der Waals surface area (Å²) in [5.41, 5.74) is 2.82. The first-order valence-corrected chi connectivity index (χ1v) is 5.55. The third-order valence-electron chi connectivity index (χ3n) is 2.28. The first-order chi connectivity index (χ1) is 7.68. The number of nitrogens with zero attached hydrogens (tertiary/aromatic N) is 1. The van der Waals surface area contributed by atoms with Gasteiger partial charge >= 0.3 is 0 Å². The number of aromatic nitrogens is 2. The van der Waals surface area contributed by atoms with Crippen molar-refractivity contribution in [3.05, 3.63) is 52.0 Å². The van der Waals surface area contributed by atoms with E-state index >= 15 is 0 Å². The van der Waals surface area contributed by atoms with Crippen molar-refractivity contribution in [2.75, 3.05) is 0 Å². The Morgan fingerprint density at radius 3 is 2.56 bits per heavy atom. The molecule has 0 fully saturated rings. The van der Waals surface area contributed by atoms with Crippen LogP contribution in [0.4, 0.5) is 0 Å². The van der Waals surface area contributed by atoms with Gasteiger partial charge in [-0.05, 0) is 30.7 Å². The lowest BCUT2D eigenvalue weighted by molar-refractivity contribution is 1.30. The van der Waals surface area contributed by atoms with Crippen molar-refractivity contribution in [2.45, 2.75) is 6.92 Å². The van der Waals surface area contributed by atoms with E-state index in [9.17, 15) is 0 Å². The quantitative estimate of drug-likeness (QED) is 0.850. The summed E-state index contributed by atoms with van der Waals surface area (Å²) >= 11 is 12.2. The number of halogens is 2. The summed E-state index contributed by atoms with van der Waals surface area (Å²) in [6.07, 6.45) is 5.34. The maximum absolute atomic E-state index is 6.08. The zero-order chi connectivity index (χ0) is 11.5. The summed E-state index contributed by atoms with van der Waals surface area (Å²) in [6.45, 7) is 1.98. The zero-order valence-electron chi connectivity index (χ0n) is 8.67. The summed E-state index contributed by atoms with van der Waals surface area (Å²) in [5, 5.41) is 1.29. The van der Waals surface area contributed by atoms with E-state index in [-0.39, 0.29) is 0 Å². The second kappa shape index (κ2) is 4.73. The van der Waals surface area contributed by atoms with Crippen molar-refractivity contribution in [2.24, 2.45) is 0 Å². The van der Waals surface area contributed by atoms with Crippen LogP contribution in [0.5, 0.6) is 0 Å². The number of allylic oxidation sites excluding steroid dienone is 1. The highest BCUT2D eigenvalue weighted by Crippen LogP contribution is 2.28. The molecule has 0 saturated carbocycles. The molecule has 0 unspecified atom stereocenters. The molecule has 2 rings (SSSR count). The fourth-order valence-electron chi connectivity index (χ4n) is 1.41. The number of rotatable bonds is 2. The maximum Gasteiger partial charge on any atom is 0.0924 e. The largest absolute Gasteiger partial charge is 0.345 e. The number of H-pyrrole nitrogens is 1. The van der Waals surface area contributed by atoms with Gasteiger partial charge in [-0.15, -0.1) is 0 Å². The van der Waals surface area contributed by atoms with E-state index in [1.165, 1.54) is 0 Å². The molecule has 0 aliphatic heterocycles. The Morgan fingerprint density at radius 2 is 2.00 bits per heavy atom. The van der Waals surface area contributed by atoms with Gasteiger partial charge in [-0.2, -0.15) is 0 Å². The van der Waals surface area contributed by atoms with Crippen molar-refractivity contribution in [3.63, 3.8) is 0 Å². The van der Waals surface area contributed by atoms with Crippen LogP contribution in [0.1, 0.15) is 18.2 Å². The van der Waals surface area contributed by atoms with Gasteiger partial charge in [0, 0.05) is 15.6 Å². The van der Waals surface area contributed by atoms with Crippen LogP contribution in [0.2, 0.25) is 10.0 Å². The highest BCUT2D eigenvalue weighted by molar-refractivity contribution is 6.37. The molecule has 0 amide bonds. The van der Waals surface area contributed by atoms with Crippen LogP contribution < -0.4 is 0 Å². The number of hydrogen-bond donors (Lipinski definition) is 1. The highest BCUT2D eigenvalue weighted by atomic mass is 35.5. The van der Waals surface area contributed by atoms with Crippen molar-refractivity contribution in [3.8, 4) is 0 Å². The standard InChI is InChI=1S/C12H10Cl2N2/c1-8(12-6-15-7-16-12)5-9-10(13)3-2-4-11(9)14/h2-7H,1H3,(H,15,16). The third-order valence-corrected chi connectivity index (χ3v) is 2.94. The Morgan fingerprint density at radius 1 is 1.31 bits per heavy atom. The minimum Gasteiger partial charge on any atom is -0.345 e. The first-order valence-electron chi connectivity index (χ1n) is 4.79. The van der Waals surface area contributed by atoms with Gasteiger partial charge in [-0.3, -0.25) is 0 Å². The predicted octanol–water partition coefficient (Wildman–Crippen LogP) is 4.28. The molecular formula is C12H10Cl2N2. The fourth-order valence-corrected chi connectivity index (χ4v) is 1.92.